The lowest BCUT2D eigenvalue weighted by atomic mass is 10.1. The van der Waals surface area contributed by atoms with Crippen LogP contribution in [0.5, 0.6) is 5.75 Å². The van der Waals surface area contributed by atoms with Crippen molar-refractivity contribution in [3.63, 3.8) is 0 Å². The van der Waals surface area contributed by atoms with Gasteiger partial charge in [-0.3, -0.25) is 4.79 Å². The Kier molecular flexibility index (Phi) is 4.48. The Labute approximate surface area is 143 Å². The van der Waals surface area contributed by atoms with Gasteiger partial charge in [-0.2, -0.15) is 4.98 Å². The first-order valence-electron chi connectivity index (χ1n) is 7.15. The fraction of sp³-hybridized carbons (Fsp3) is 0.118. The second-order valence-electron chi connectivity index (χ2n) is 5.10. The molecule has 1 heterocycles. The molecular weight excluding hydrogens is 330 g/mol. The number of aromatic nitrogens is 2. The van der Waals surface area contributed by atoms with Gasteiger partial charge in [0, 0.05) is 21.7 Å². The van der Waals surface area contributed by atoms with Crippen LogP contribution >= 0.6 is 11.6 Å². The predicted octanol–water partition coefficient (Wildman–Crippen LogP) is 3.38. The molecule has 3 rings (SSSR count). The molecule has 0 aliphatic rings. The number of ether oxygens (including phenoxy) is 1. The highest BCUT2D eigenvalue weighted by Crippen LogP contribution is 2.23. The molecule has 3 aromatic rings. The smallest absolute Gasteiger partial charge is 0.264 e. The summed E-state index contributed by atoms with van der Waals surface area (Å²) in [6, 6.07) is 12.2. The molecule has 122 valence electrons. The molecule has 0 spiro atoms. The van der Waals surface area contributed by atoms with Gasteiger partial charge in [0.2, 0.25) is 11.7 Å². The number of nitrogens with two attached hydrogens (primary N) is 1. The number of amides is 1. The van der Waals surface area contributed by atoms with Crippen molar-refractivity contribution in [1.82, 2.24) is 10.1 Å². The van der Waals surface area contributed by atoms with Crippen molar-refractivity contribution in [2.45, 2.75) is 13.5 Å². The van der Waals surface area contributed by atoms with E-state index < -0.39 is 5.91 Å². The highest BCUT2D eigenvalue weighted by Gasteiger charge is 2.12. The van der Waals surface area contributed by atoms with E-state index >= 15 is 0 Å². The number of benzene rings is 2. The lowest BCUT2D eigenvalue weighted by Crippen LogP contribution is -2.13. The molecule has 0 aliphatic heterocycles. The van der Waals surface area contributed by atoms with E-state index in [0.29, 0.717) is 33.6 Å². The summed E-state index contributed by atoms with van der Waals surface area (Å²) in [6.45, 7) is 1.85. The van der Waals surface area contributed by atoms with Gasteiger partial charge in [0.25, 0.3) is 5.89 Å². The molecule has 0 fully saturated rings. The average Bonchev–Trinajstić information content (AvgIpc) is 3.03. The van der Waals surface area contributed by atoms with Crippen molar-refractivity contribution in [3.8, 4) is 17.1 Å². The summed E-state index contributed by atoms with van der Waals surface area (Å²) in [5, 5.41) is 4.55. The minimum atomic E-state index is -0.499. The summed E-state index contributed by atoms with van der Waals surface area (Å²) >= 11 is 5.85. The van der Waals surface area contributed by atoms with Crippen LogP contribution in [0.1, 0.15) is 21.8 Å². The van der Waals surface area contributed by atoms with Crippen LogP contribution in [-0.4, -0.2) is 16.0 Å². The van der Waals surface area contributed by atoms with Gasteiger partial charge in [-0.05, 0) is 43.3 Å². The normalized spacial score (nSPS) is 10.6. The molecule has 6 nitrogen and oxygen atoms in total. The third-order valence-electron chi connectivity index (χ3n) is 3.47. The second kappa shape index (κ2) is 6.72. The van der Waals surface area contributed by atoms with Crippen molar-refractivity contribution in [2.24, 2.45) is 5.73 Å². The largest absolute Gasteiger partial charge is 0.483 e. The maximum absolute atomic E-state index is 11.3. The lowest BCUT2D eigenvalue weighted by molar-refractivity contribution is 0.0999. The van der Waals surface area contributed by atoms with Crippen molar-refractivity contribution in [3.05, 3.63) is 64.5 Å². The third kappa shape index (κ3) is 3.38. The number of carbonyl (C=O) groups excluding carboxylic acids is 1. The Balaban J connectivity index is 1.73. The van der Waals surface area contributed by atoms with Gasteiger partial charge in [0.05, 0.1) is 0 Å². The van der Waals surface area contributed by atoms with E-state index in [9.17, 15) is 4.79 Å². The van der Waals surface area contributed by atoms with Crippen LogP contribution in [-0.2, 0) is 6.61 Å². The fourth-order valence-electron chi connectivity index (χ4n) is 2.21. The first kappa shape index (κ1) is 16.0. The quantitative estimate of drug-likeness (QED) is 0.766. The molecule has 0 bridgehead atoms. The number of carbonyl (C=O) groups is 1. The second-order valence-corrected chi connectivity index (χ2v) is 5.54. The van der Waals surface area contributed by atoms with E-state index in [4.69, 9.17) is 26.6 Å². The summed E-state index contributed by atoms with van der Waals surface area (Å²) in [6.07, 6.45) is 0. The molecule has 0 atom stereocenters. The Morgan fingerprint density at radius 1 is 1.25 bits per heavy atom. The van der Waals surface area contributed by atoms with Gasteiger partial charge in [-0.1, -0.05) is 22.8 Å². The van der Waals surface area contributed by atoms with E-state index in [2.05, 4.69) is 10.1 Å². The van der Waals surface area contributed by atoms with E-state index in [-0.39, 0.29) is 6.61 Å². The monoisotopic (exact) mass is 343 g/mol. The highest BCUT2D eigenvalue weighted by atomic mass is 35.5. The van der Waals surface area contributed by atoms with Crippen molar-refractivity contribution in [2.75, 3.05) is 0 Å². The summed E-state index contributed by atoms with van der Waals surface area (Å²) in [5.41, 5.74) is 7.20. The number of nitrogens with zero attached hydrogens (tertiary/aromatic N) is 2. The third-order valence-corrected chi connectivity index (χ3v) is 3.72. The standard InChI is InChI=1S/C17H14ClN3O3/c1-10-13(16(19)22)3-2-4-14(10)23-9-15-20-17(21-24-15)11-5-7-12(18)8-6-11/h2-8H,9H2,1H3,(H2,19,22). The van der Waals surface area contributed by atoms with Gasteiger partial charge in [0.15, 0.2) is 6.61 Å². The molecule has 0 radical (unpaired) electrons. The minimum absolute atomic E-state index is 0.0869. The molecule has 0 saturated heterocycles. The molecule has 2 N–H and O–H groups in total. The van der Waals surface area contributed by atoms with Crippen LogP contribution < -0.4 is 10.5 Å². The van der Waals surface area contributed by atoms with Crippen LogP contribution in [0.4, 0.5) is 0 Å². The zero-order chi connectivity index (χ0) is 17.1. The molecule has 0 unspecified atom stereocenters. The van der Waals surface area contributed by atoms with Crippen LogP contribution in [0.2, 0.25) is 5.02 Å². The number of rotatable bonds is 5. The van der Waals surface area contributed by atoms with E-state index in [1.807, 2.05) is 0 Å². The lowest BCUT2D eigenvalue weighted by Gasteiger charge is -2.09. The van der Waals surface area contributed by atoms with Crippen LogP contribution in [0.3, 0.4) is 0 Å². The molecule has 0 aliphatic carbocycles. The van der Waals surface area contributed by atoms with Crippen LogP contribution in [0.25, 0.3) is 11.4 Å². The molecular formula is C17H14ClN3O3. The summed E-state index contributed by atoms with van der Waals surface area (Å²) in [5.74, 6) is 0.815. The first-order chi connectivity index (χ1) is 11.5. The number of hydrogen-bond acceptors (Lipinski definition) is 5. The number of primary amides is 1. The maximum atomic E-state index is 11.3. The molecule has 24 heavy (non-hydrogen) atoms. The molecule has 7 heteroatoms. The summed E-state index contributed by atoms with van der Waals surface area (Å²) in [7, 11) is 0. The van der Waals surface area contributed by atoms with Crippen LogP contribution in [0.15, 0.2) is 47.0 Å². The summed E-state index contributed by atoms with van der Waals surface area (Å²) < 4.78 is 10.8. The zero-order valence-electron chi connectivity index (χ0n) is 12.8. The topological polar surface area (TPSA) is 91.2 Å². The van der Waals surface area contributed by atoms with Gasteiger partial charge < -0.3 is 15.0 Å². The minimum Gasteiger partial charge on any atom is -0.483 e. The van der Waals surface area contributed by atoms with E-state index in [1.54, 1.807) is 49.4 Å². The van der Waals surface area contributed by atoms with Crippen LogP contribution in [0, 0.1) is 6.92 Å². The molecule has 1 amide bonds. The summed E-state index contributed by atoms with van der Waals surface area (Å²) in [4.78, 5) is 15.6. The van der Waals surface area contributed by atoms with Gasteiger partial charge >= 0.3 is 0 Å². The number of hydrogen-bond donors (Lipinski definition) is 1. The SMILES string of the molecule is Cc1c(OCc2nc(-c3ccc(Cl)cc3)no2)cccc1C(N)=O. The predicted molar refractivity (Wildman–Crippen MR) is 88.8 cm³/mol. The molecule has 1 aromatic heterocycles. The average molecular weight is 344 g/mol. The van der Waals surface area contributed by atoms with Gasteiger partial charge in [-0.25, -0.2) is 0 Å². The van der Waals surface area contributed by atoms with E-state index in [0.717, 1.165) is 5.56 Å². The Bertz CT molecular complexity index is 875. The van der Waals surface area contributed by atoms with Gasteiger partial charge in [-0.15, -0.1) is 0 Å². The van der Waals surface area contributed by atoms with Gasteiger partial charge in [0.1, 0.15) is 5.75 Å². The Morgan fingerprint density at radius 3 is 2.71 bits per heavy atom. The Hall–Kier alpha value is -2.86. The molecule has 2 aromatic carbocycles. The molecule has 0 saturated carbocycles. The first-order valence-corrected chi connectivity index (χ1v) is 7.53. The van der Waals surface area contributed by atoms with Crippen molar-refractivity contribution < 1.29 is 14.1 Å². The van der Waals surface area contributed by atoms with Crippen molar-refractivity contribution >= 4 is 17.5 Å². The number of halogens is 1. The maximum Gasteiger partial charge on any atom is 0.264 e. The highest BCUT2D eigenvalue weighted by molar-refractivity contribution is 6.30. The van der Waals surface area contributed by atoms with Crippen molar-refractivity contribution in [1.29, 1.82) is 0 Å². The zero-order valence-corrected chi connectivity index (χ0v) is 13.6. The van der Waals surface area contributed by atoms with E-state index in [1.165, 1.54) is 0 Å². The Morgan fingerprint density at radius 2 is 2.00 bits per heavy atom. The fourth-order valence-corrected chi connectivity index (χ4v) is 2.33.